The molecule has 2 atom stereocenters. The van der Waals surface area contributed by atoms with Gasteiger partial charge in [-0.3, -0.25) is 29.9 Å². The molecule has 0 saturated carbocycles. The van der Waals surface area contributed by atoms with Crippen molar-refractivity contribution in [1.82, 2.24) is 10.2 Å². The molecule has 1 aliphatic heterocycles. The fourth-order valence-corrected chi connectivity index (χ4v) is 4.89. The number of hydrogen-bond acceptors (Lipinski definition) is 7. The van der Waals surface area contributed by atoms with Crippen LogP contribution in [0.2, 0.25) is 0 Å². The quantitative estimate of drug-likeness (QED) is 0.389. The van der Waals surface area contributed by atoms with Crippen molar-refractivity contribution < 1.29 is 19.2 Å². The molecule has 0 bridgehead atoms. The zero-order valence-corrected chi connectivity index (χ0v) is 18.5. The average Bonchev–Trinajstić information content (AvgIpc) is 3.22. The van der Waals surface area contributed by atoms with Gasteiger partial charge in [-0.15, -0.1) is 0 Å². The van der Waals surface area contributed by atoms with Gasteiger partial charge < -0.3 is 14.8 Å². The van der Waals surface area contributed by atoms with E-state index in [1.54, 1.807) is 26.4 Å². The number of allylic oxidation sites excluding steroid dienone is 2. The molecule has 10 heteroatoms. The third kappa shape index (κ3) is 3.43. The number of aromatic amines is 2. The summed E-state index contributed by atoms with van der Waals surface area (Å²) < 4.78 is 10.7. The molecular weight excluding hydrogens is 440 g/mol. The largest absolute Gasteiger partial charge is 0.493 e. The molecule has 2 aliphatic rings. The minimum atomic E-state index is -0.624. The minimum absolute atomic E-state index is 0.0569. The smallest absolute Gasteiger partial charge is 0.270 e. The van der Waals surface area contributed by atoms with Crippen molar-refractivity contribution >= 4 is 17.3 Å². The van der Waals surface area contributed by atoms with Crippen LogP contribution in [0.1, 0.15) is 41.4 Å². The lowest BCUT2D eigenvalue weighted by atomic mass is 9.73. The summed E-state index contributed by atoms with van der Waals surface area (Å²) in [6.45, 7) is 0. The number of nitrogens with one attached hydrogen (secondary N) is 3. The summed E-state index contributed by atoms with van der Waals surface area (Å²) in [6, 6.07) is 11.6. The zero-order valence-electron chi connectivity index (χ0n) is 18.5. The van der Waals surface area contributed by atoms with Gasteiger partial charge in [0.15, 0.2) is 17.3 Å². The van der Waals surface area contributed by atoms with Crippen LogP contribution in [-0.4, -0.2) is 35.1 Å². The topological polar surface area (TPSA) is 139 Å². The van der Waals surface area contributed by atoms with Crippen LogP contribution in [0.5, 0.6) is 11.5 Å². The second-order valence-electron chi connectivity index (χ2n) is 8.31. The molecule has 0 amide bonds. The average molecular weight is 462 g/mol. The number of anilines is 1. The number of hydrogen-bond donors (Lipinski definition) is 3. The minimum Gasteiger partial charge on any atom is -0.493 e. The molecule has 2 heterocycles. The van der Waals surface area contributed by atoms with Crippen molar-refractivity contribution in [2.45, 2.75) is 24.7 Å². The molecule has 5 rings (SSSR count). The number of non-ortho nitro benzene ring substituents is 1. The number of ketones is 1. The van der Waals surface area contributed by atoms with Crippen LogP contribution in [0.25, 0.3) is 0 Å². The molecule has 3 N–H and O–H groups in total. The molecule has 10 nitrogen and oxygen atoms in total. The van der Waals surface area contributed by atoms with E-state index in [9.17, 15) is 19.7 Å². The monoisotopic (exact) mass is 462 g/mol. The summed E-state index contributed by atoms with van der Waals surface area (Å²) in [5.41, 5.74) is 2.82. The van der Waals surface area contributed by atoms with E-state index >= 15 is 0 Å². The molecule has 0 saturated heterocycles. The van der Waals surface area contributed by atoms with Gasteiger partial charge in [0.1, 0.15) is 5.82 Å². The Morgan fingerprint density at radius 3 is 2.32 bits per heavy atom. The van der Waals surface area contributed by atoms with Crippen molar-refractivity contribution in [3.05, 3.63) is 90.9 Å². The standard InChI is InChI=1S/C24H22N4O6/c1-33-18-8-5-13(11-19(18)34-2)14-9-16-21(17(29)10-14)20(22-23(25-16)26-27-24(22)30)12-3-6-15(7-4-12)28(31)32/h3-8,11,14,20H,9-10H2,1-2H3,(H3,25,26,27,30)/t14-,20-/m0/s1. The zero-order chi connectivity index (χ0) is 24.0. The van der Waals surface area contributed by atoms with Gasteiger partial charge in [0.2, 0.25) is 0 Å². The van der Waals surface area contributed by atoms with E-state index in [0.29, 0.717) is 40.4 Å². The lowest BCUT2D eigenvalue weighted by molar-refractivity contribution is -0.384. The van der Waals surface area contributed by atoms with Crippen molar-refractivity contribution in [3.63, 3.8) is 0 Å². The van der Waals surface area contributed by atoms with E-state index in [2.05, 4.69) is 15.5 Å². The number of nitro groups is 1. The molecule has 0 spiro atoms. The summed E-state index contributed by atoms with van der Waals surface area (Å²) in [5.74, 6) is 0.891. The molecule has 2 aromatic carbocycles. The number of ether oxygens (including phenoxy) is 2. The fraction of sp³-hybridized carbons (Fsp3) is 0.250. The van der Waals surface area contributed by atoms with E-state index in [1.807, 2.05) is 18.2 Å². The lowest BCUT2D eigenvalue weighted by Gasteiger charge is -2.34. The van der Waals surface area contributed by atoms with E-state index in [0.717, 1.165) is 11.3 Å². The van der Waals surface area contributed by atoms with E-state index in [1.165, 1.54) is 12.1 Å². The number of nitro benzene ring substituents is 1. The van der Waals surface area contributed by atoms with Gasteiger partial charge >= 0.3 is 0 Å². The molecule has 0 radical (unpaired) electrons. The maximum atomic E-state index is 13.5. The maximum Gasteiger partial charge on any atom is 0.270 e. The normalized spacial score (nSPS) is 19.2. The molecule has 3 aromatic rings. The van der Waals surface area contributed by atoms with Crippen LogP contribution in [0.4, 0.5) is 11.5 Å². The Kier molecular flexibility index (Phi) is 5.20. The van der Waals surface area contributed by atoms with Crippen LogP contribution >= 0.6 is 0 Å². The van der Waals surface area contributed by atoms with Crippen molar-refractivity contribution in [3.8, 4) is 11.5 Å². The number of carbonyl (C=O) groups excluding carboxylic acids is 1. The predicted molar refractivity (Wildman–Crippen MR) is 124 cm³/mol. The lowest BCUT2D eigenvalue weighted by Crippen LogP contribution is -2.31. The molecule has 1 aliphatic carbocycles. The number of benzene rings is 2. The molecular formula is C24H22N4O6. The number of carbonyl (C=O) groups is 1. The van der Waals surface area contributed by atoms with E-state index in [-0.39, 0.29) is 29.4 Å². The van der Waals surface area contributed by atoms with Gasteiger partial charge in [-0.2, -0.15) is 0 Å². The summed E-state index contributed by atoms with van der Waals surface area (Å²) in [7, 11) is 3.13. The Balaban J connectivity index is 1.57. The number of fused-ring (bicyclic) bond motifs is 1. The first kappa shape index (κ1) is 21.5. The first-order valence-corrected chi connectivity index (χ1v) is 10.7. The second kappa shape index (κ2) is 8.22. The Morgan fingerprint density at radius 1 is 0.941 bits per heavy atom. The van der Waals surface area contributed by atoms with Crippen molar-refractivity contribution in [1.29, 1.82) is 0 Å². The first-order valence-electron chi connectivity index (χ1n) is 10.7. The fourth-order valence-electron chi connectivity index (χ4n) is 4.89. The molecule has 1 aromatic heterocycles. The van der Waals surface area contributed by atoms with Gasteiger partial charge in [-0.25, -0.2) is 0 Å². The van der Waals surface area contributed by atoms with Gasteiger partial charge in [-0.05, 0) is 35.6 Å². The van der Waals surface area contributed by atoms with Crippen LogP contribution in [-0.2, 0) is 4.79 Å². The summed E-state index contributed by atoms with van der Waals surface area (Å²) in [6.07, 6.45) is 0.809. The first-order chi connectivity index (χ1) is 16.4. The molecule has 174 valence electrons. The Labute approximate surface area is 193 Å². The Morgan fingerprint density at radius 2 is 1.65 bits per heavy atom. The third-order valence-electron chi connectivity index (χ3n) is 6.49. The number of H-pyrrole nitrogens is 2. The van der Waals surface area contributed by atoms with Crippen LogP contribution in [0.15, 0.2) is 58.5 Å². The molecule has 34 heavy (non-hydrogen) atoms. The van der Waals surface area contributed by atoms with Crippen LogP contribution in [0, 0.1) is 10.1 Å². The highest BCUT2D eigenvalue weighted by atomic mass is 16.6. The van der Waals surface area contributed by atoms with Crippen molar-refractivity contribution in [2.24, 2.45) is 0 Å². The van der Waals surface area contributed by atoms with E-state index in [4.69, 9.17) is 9.47 Å². The van der Waals surface area contributed by atoms with Crippen LogP contribution < -0.4 is 20.3 Å². The highest BCUT2D eigenvalue weighted by molar-refractivity contribution is 6.01. The third-order valence-corrected chi connectivity index (χ3v) is 6.49. The highest BCUT2D eigenvalue weighted by Gasteiger charge is 2.40. The van der Waals surface area contributed by atoms with Gasteiger partial charge in [-0.1, -0.05) is 18.2 Å². The second-order valence-corrected chi connectivity index (χ2v) is 8.31. The van der Waals surface area contributed by atoms with Gasteiger partial charge in [0, 0.05) is 35.7 Å². The SMILES string of the molecule is COc1ccc([C@@H]2CC(=O)C3=C(C2)Nc2[nH][nH]c(=O)c2[C@H]3c2ccc([N+](=O)[O-])cc2)cc1OC. The highest BCUT2D eigenvalue weighted by Crippen LogP contribution is 2.47. The van der Waals surface area contributed by atoms with Gasteiger partial charge in [0.05, 0.1) is 24.7 Å². The van der Waals surface area contributed by atoms with Gasteiger partial charge in [0.25, 0.3) is 11.2 Å². The Bertz CT molecular complexity index is 1390. The summed E-state index contributed by atoms with van der Waals surface area (Å²) in [4.78, 5) is 36.7. The van der Waals surface area contributed by atoms with E-state index < -0.39 is 10.8 Å². The predicted octanol–water partition coefficient (Wildman–Crippen LogP) is 3.59. The molecule has 0 unspecified atom stereocenters. The number of aromatic nitrogens is 2. The molecule has 0 fully saturated rings. The summed E-state index contributed by atoms with van der Waals surface area (Å²) >= 11 is 0. The Hall–Kier alpha value is -4.34. The number of rotatable bonds is 5. The number of Topliss-reactive ketones (excluding diaryl/α,β-unsaturated/α-hetero) is 1. The maximum absolute atomic E-state index is 13.5. The summed E-state index contributed by atoms with van der Waals surface area (Å²) in [5, 5.41) is 19.8. The number of methoxy groups -OCH3 is 2. The van der Waals surface area contributed by atoms with Crippen LogP contribution in [0.3, 0.4) is 0 Å². The number of nitrogens with zero attached hydrogens (tertiary/aromatic N) is 1. The van der Waals surface area contributed by atoms with Crippen molar-refractivity contribution in [2.75, 3.05) is 19.5 Å².